The van der Waals surface area contributed by atoms with Gasteiger partial charge >= 0.3 is 11.9 Å². The topological polar surface area (TPSA) is 78.6 Å². The lowest BCUT2D eigenvalue weighted by Gasteiger charge is -2.58. The summed E-state index contributed by atoms with van der Waals surface area (Å²) >= 11 is 0. The summed E-state index contributed by atoms with van der Waals surface area (Å²) in [6.45, 7) is 16.6. The Bertz CT molecular complexity index is 1120. The normalized spacial score (nSPS) is 38.7. The largest absolute Gasteiger partial charge is 0.462 e. The molecule has 4 aliphatic rings. The fourth-order valence-corrected chi connectivity index (χ4v) is 8.77. The molecule has 0 bridgehead atoms. The van der Waals surface area contributed by atoms with E-state index in [1.807, 2.05) is 6.07 Å². The third kappa shape index (κ3) is 4.38. The van der Waals surface area contributed by atoms with Gasteiger partial charge in [0, 0.05) is 32.3 Å². The van der Waals surface area contributed by atoms with Gasteiger partial charge in [-0.25, -0.2) is 0 Å². The average Bonchev–Trinajstić information content (AvgIpc) is 3.41. The molecule has 3 saturated carbocycles. The van der Waals surface area contributed by atoms with E-state index < -0.39 is 0 Å². The number of allylic oxidation sites excluding steroid dienone is 1. The second kappa shape index (κ2) is 9.43. The standard InChI is InChI=1S/C31H43NO5/c1-17(2)26-16-27(37-32-26)18(3)29-28(36-20(5)34)15-25-23-9-8-21-14-22(35-19(4)33)10-12-30(21,6)24(23)11-13-31(25,29)7/h8,16-17,22-25,28-29H,3,9-15H2,1-2,4-7H3/t22-,23+,24-,25-,28+,29-,30-,31-/m0/s1. The minimum absolute atomic E-state index is 0.00685. The van der Waals surface area contributed by atoms with Crippen LogP contribution in [0, 0.1) is 34.5 Å². The van der Waals surface area contributed by atoms with Crippen LogP contribution in [0.1, 0.15) is 104 Å². The predicted molar refractivity (Wildman–Crippen MR) is 141 cm³/mol. The molecular formula is C31H43NO5. The van der Waals surface area contributed by atoms with E-state index in [9.17, 15) is 9.59 Å². The molecule has 0 aliphatic heterocycles. The van der Waals surface area contributed by atoms with Crippen LogP contribution < -0.4 is 0 Å². The molecule has 8 atom stereocenters. The Morgan fingerprint density at radius 3 is 2.49 bits per heavy atom. The van der Waals surface area contributed by atoms with Crippen molar-refractivity contribution in [2.75, 3.05) is 0 Å². The van der Waals surface area contributed by atoms with Crippen molar-refractivity contribution in [1.82, 2.24) is 5.16 Å². The Kier molecular flexibility index (Phi) is 6.69. The lowest BCUT2D eigenvalue weighted by atomic mass is 9.47. The maximum Gasteiger partial charge on any atom is 0.302 e. The number of esters is 2. The van der Waals surface area contributed by atoms with E-state index in [0.717, 1.165) is 62.0 Å². The third-order valence-corrected chi connectivity index (χ3v) is 10.5. The molecule has 6 nitrogen and oxygen atoms in total. The molecule has 202 valence electrons. The van der Waals surface area contributed by atoms with Crippen molar-refractivity contribution in [2.45, 2.75) is 105 Å². The van der Waals surface area contributed by atoms with Crippen LogP contribution in [-0.2, 0) is 19.1 Å². The zero-order valence-electron chi connectivity index (χ0n) is 23.3. The third-order valence-electron chi connectivity index (χ3n) is 10.5. The number of hydrogen-bond acceptors (Lipinski definition) is 6. The van der Waals surface area contributed by atoms with Crippen molar-refractivity contribution in [3.63, 3.8) is 0 Å². The summed E-state index contributed by atoms with van der Waals surface area (Å²) in [5.74, 6) is 2.15. The number of hydrogen-bond donors (Lipinski definition) is 0. The first-order valence-corrected chi connectivity index (χ1v) is 14.1. The summed E-state index contributed by atoms with van der Waals surface area (Å²) < 4.78 is 17.4. The Balaban J connectivity index is 1.45. The molecule has 6 heteroatoms. The van der Waals surface area contributed by atoms with Gasteiger partial charge in [-0.3, -0.25) is 9.59 Å². The van der Waals surface area contributed by atoms with Crippen molar-refractivity contribution in [3.8, 4) is 0 Å². The van der Waals surface area contributed by atoms with Crippen molar-refractivity contribution in [3.05, 3.63) is 35.7 Å². The number of fused-ring (bicyclic) bond motifs is 5. The first-order valence-electron chi connectivity index (χ1n) is 14.1. The number of nitrogens with zero attached hydrogens (tertiary/aromatic N) is 1. The maximum absolute atomic E-state index is 12.2. The van der Waals surface area contributed by atoms with Gasteiger partial charge in [0.05, 0.1) is 5.69 Å². The molecular weight excluding hydrogens is 466 g/mol. The smallest absolute Gasteiger partial charge is 0.302 e. The Hall–Kier alpha value is -2.37. The van der Waals surface area contributed by atoms with Crippen LogP contribution in [0.2, 0.25) is 0 Å². The highest BCUT2D eigenvalue weighted by atomic mass is 16.5. The summed E-state index contributed by atoms with van der Waals surface area (Å²) in [5, 5.41) is 4.28. The van der Waals surface area contributed by atoms with Gasteiger partial charge in [0.2, 0.25) is 0 Å². The van der Waals surface area contributed by atoms with Crippen LogP contribution in [0.5, 0.6) is 0 Å². The molecule has 1 aromatic heterocycles. The molecule has 0 N–H and O–H groups in total. The van der Waals surface area contributed by atoms with E-state index in [1.165, 1.54) is 19.4 Å². The molecule has 5 rings (SSSR count). The van der Waals surface area contributed by atoms with E-state index in [4.69, 9.17) is 14.0 Å². The molecule has 0 radical (unpaired) electrons. The number of ether oxygens (including phenoxy) is 2. The van der Waals surface area contributed by atoms with Crippen LogP contribution in [0.3, 0.4) is 0 Å². The summed E-state index contributed by atoms with van der Waals surface area (Å²) in [6.07, 6.45) is 9.22. The van der Waals surface area contributed by atoms with Crippen molar-refractivity contribution in [1.29, 1.82) is 0 Å². The summed E-state index contributed by atoms with van der Waals surface area (Å²) in [4.78, 5) is 23.8. The second-order valence-electron chi connectivity index (χ2n) is 12.9. The van der Waals surface area contributed by atoms with Crippen LogP contribution in [0.15, 0.2) is 28.8 Å². The molecule has 0 spiro atoms. The zero-order valence-corrected chi connectivity index (χ0v) is 23.3. The highest BCUT2D eigenvalue weighted by molar-refractivity contribution is 5.68. The number of carbonyl (C=O) groups is 2. The van der Waals surface area contributed by atoms with E-state index in [1.54, 1.807) is 0 Å². The van der Waals surface area contributed by atoms with Gasteiger partial charge in [0.1, 0.15) is 12.2 Å². The Morgan fingerprint density at radius 2 is 1.84 bits per heavy atom. The van der Waals surface area contributed by atoms with Gasteiger partial charge in [0.25, 0.3) is 0 Å². The van der Waals surface area contributed by atoms with E-state index >= 15 is 0 Å². The molecule has 4 aliphatic carbocycles. The number of rotatable bonds is 5. The maximum atomic E-state index is 12.2. The number of aromatic nitrogens is 1. The average molecular weight is 510 g/mol. The second-order valence-corrected chi connectivity index (χ2v) is 12.9. The monoisotopic (exact) mass is 509 g/mol. The van der Waals surface area contributed by atoms with Crippen LogP contribution in [-0.4, -0.2) is 29.3 Å². The number of carbonyl (C=O) groups excluding carboxylic acids is 2. The van der Waals surface area contributed by atoms with Crippen molar-refractivity contribution >= 4 is 17.5 Å². The van der Waals surface area contributed by atoms with Gasteiger partial charge in [-0.05, 0) is 78.6 Å². The summed E-state index contributed by atoms with van der Waals surface area (Å²) in [5.41, 5.74) is 3.43. The predicted octanol–water partition coefficient (Wildman–Crippen LogP) is 6.86. The van der Waals surface area contributed by atoms with Crippen LogP contribution in [0.25, 0.3) is 5.57 Å². The van der Waals surface area contributed by atoms with Crippen LogP contribution >= 0.6 is 0 Å². The van der Waals surface area contributed by atoms with Gasteiger partial charge in [0.15, 0.2) is 5.76 Å². The van der Waals surface area contributed by atoms with Gasteiger partial charge in [-0.1, -0.05) is 51.1 Å². The quantitative estimate of drug-likeness (QED) is 0.319. The molecule has 0 saturated heterocycles. The molecule has 0 amide bonds. The molecule has 0 unspecified atom stereocenters. The van der Waals surface area contributed by atoms with Gasteiger partial charge < -0.3 is 14.0 Å². The molecule has 1 heterocycles. The fourth-order valence-electron chi connectivity index (χ4n) is 8.77. The first kappa shape index (κ1) is 26.2. The van der Waals surface area contributed by atoms with Gasteiger partial charge in [-0.2, -0.15) is 0 Å². The lowest BCUT2D eigenvalue weighted by molar-refractivity contribution is -0.149. The molecule has 0 aromatic carbocycles. The van der Waals surface area contributed by atoms with Crippen molar-refractivity contribution in [2.24, 2.45) is 34.5 Å². The van der Waals surface area contributed by atoms with E-state index in [2.05, 4.69) is 45.5 Å². The van der Waals surface area contributed by atoms with Crippen molar-refractivity contribution < 1.29 is 23.6 Å². The Labute approximate surface area is 221 Å². The molecule has 3 fully saturated rings. The molecule has 1 aromatic rings. The summed E-state index contributed by atoms with van der Waals surface area (Å²) in [7, 11) is 0. The summed E-state index contributed by atoms with van der Waals surface area (Å²) in [6, 6.07) is 2.01. The minimum Gasteiger partial charge on any atom is -0.462 e. The zero-order chi connectivity index (χ0) is 26.7. The van der Waals surface area contributed by atoms with E-state index in [-0.39, 0.29) is 46.8 Å². The minimum atomic E-state index is -0.233. The van der Waals surface area contributed by atoms with Crippen LogP contribution in [0.4, 0.5) is 0 Å². The lowest BCUT2D eigenvalue weighted by Crippen LogP contribution is -2.50. The highest BCUT2D eigenvalue weighted by Crippen LogP contribution is 2.68. The first-order chi connectivity index (χ1) is 17.4. The Morgan fingerprint density at radius 1 is 1.11 bits per heavy atom. The highest BCUT2D eigenvalue weighted by Gasteiger charge is 2.62. The SMILES string of the molecule is C=C(c1cc(C(C)C)no1)[C@H]1[C@H](OC(C)=O)C[C@H]2[C@@H]3CC=C4C[C@@H](OC(C)=O)CC[C@]4(C)[C@H]3CC[C@@]21C. The fraction of sp³-hybridized carbons (Fsp3) is 0.710. The molecule has 37 heavy (non-hydrogen) atoms. The van der Waals surface area contributed by atoms with E-state index in [0.29, 0.717) is 17.8 Å². The van der Waals surface area contributed by atoms with Gasteiger partial charge in [-0.15, -0.1) is 0 Å².